The van der Waals surface area contributed by atoms with Gasteiger partial charge in [0.2, 0.25) is 0 Å². The van der Waals surface area contributed by atoms with E-state index in [1.165, 1.54) is 23.1 Å². The quantitative estimate of drug-likeness (QED) is 0.508. The van der Waals surface area contributed by atoms with Gasteiger partial charge in [-0.05, 0) is 77.9 Å². The maximum absolute atomic E-state index is 11.1. The zero-order chi connectivity index (χ0) is 17.5. The van der Waals surface area contributed by atoms with Gasteiger partial charge in [-0.25, -0.2) is 0 Å². The molecule has 0 bridgehead atoms. The van der Waals surface area contributed by atoms with Crippen molar-refractivity contribution in [3.8, 4) is 0 Å². The smallest absolute Gasteiger partial charge is 0.252 e. The topological polar surface area (TPSA) is 17.1 Å². The molecule has 0 saturated carbocycles. The van der Waals surface area contributed by atoms with Crippen LogP contribution in [0.15, 0.2) is 48.5 Å². The second kappa shape index (κ2) is 9.03. The molecule has 1 atom stereocenters. The first-order valence-corrected chi connectivity index (χ1v) is 9.21. The number of hydrogen-bond donors (Lipinski definition) is 0. The van der Waals surface area contributed by atoms with Gasteiger partial charge in [-0.3, -0.25) is 4.79 Å². The van der Waals surface area contributed by atoms with Crippen LogP contribution < -0.4 is 0 Å². The van der Waals surface area contributed by atoms with E-state index in [1.54, 1.807) is 0 Å². The molecule has 0 aliphatic carbocycles. The lowest BCUT2D eigenvalue weighted by Crippen LogP contribution is -1.98. The Bertz CT molecular complexity index is 641. The molecule has 2 heteroatoms. The van der Waals surface area contributed by atoms with E-state index in [1.807, 2.05) is 24.3 Å². The lowest BCUT2D eigenvalue weighted by atomic mass is 9.92. The van der Waals surface area contributed by atoms with Crippen molar-refractivity contribution in [2.45, 2.75) is 52.4 Å². The van der Waals surface area contributed by atoms with E-state index in [0.717, 1.165) is 19.3 Å². The number of carbonyl (C=O) groups excluding carboxylic acids is 1. The zero-order valence-electron chi connectivity index (χ0n) is 14.9. The average Bonchev–Trinajstić information content (AvgIpc) is 2.55. The third kappa shape index (κ3) is 5.79. The first-order chi connectivity index (χ1) is 11.5. The molecule has 0 amide bonds. The molecule has 0 saturated heterocycles. The first-order valence-electron chi connectivity index (χ1n) is 8.83. The third-order valence-corrected chi connectivity index (χ3v) is 4.69. The van der Waals surface area contributed by atoms with Crippen molar-refractivity contribution in [1.82, 2.24) is 0 Å². The van der Waals surface area contributed by atoms with Crippen LogP contribution in [-0.4, -0.2) is 5.24 Å². The Balaban J connectivity index is 1.82. The van der Waals surface area contributed by atoms with Crippen LogP contribution in [0.3, 0.4) is 0 Å². The molecular formula is C22H27ClO. The highest BCUT2D eigenvalue weighted by Gasteiger charge is 2.07. The van der Waals surface area contributed by atoms with Crippen LogP contribution >= 0.6 is 11.6 Å². The van der Waals surface area contributed by atoms with E-state index in [2.05, 4.69) is 45.0 Å². The van der Waals surface area contributed by atoms with Crippen molar-refractivity contribution in [1.29, 1.82) is 0 Å². The highest BCUT2D eigenvalue weighted by atomic mass is 35.5. The molecule has 128 valence electrons. The fraction of sp³-hybridized carbons (Fsp3) is 0.409. The molecule has 0 aromatic heterocycles. The Kier molecular flexibility index (Phi) is 7.05. The van der Waals surface area contributed by atoms with Crippen molar-refractivity contribution in [2.75, 3.05) is 0 Å². The maximum atomic E-state index is 11.1. The highest BCUT2D eigenvalue weighted by Crippen LogP contribution is 2.23. The molecule has 2 aromatic carbocycles. The number of rotatable bonds is 8. The normalized spacial score (nSPS) is 12.4. The molecular weight excluding hydrogens is 316 g/mol. The molecule has 0 aliphatic rings. The van der Waals surface area contributed by atoms with Crippen LogP contribution in [0.1, 0.15) is 66.6 Å². The summed E-state index contributed by atoms with van der Waals surface area (Å²) in [6.45, 7) is 6.81. The predicted octanol–water partition coefficient (Wildman–Crippen LogP) is 6.39. The summed E-state index contributed by atoms with van der Waals surface area (Å²) < 4.78 is 0. The molecule has 0 heterocycles. The molecule has 24 heavy (non-hydrogen) atoms. The molecule has 1 nitrogen and oxygen atoms in total. The molecule has 0 fully saturated rings. The zero-order valence-corrected chi connectivity index (χ0v) is 15.6. The Morgan fingerprint density at radius 3 is 2.04 bits per heavy atom. The minimum atomic E-state index is -0.393. The van der Waals surface area contributed by atoms with E-state index in [4.69, 9.17) is 11.6 Å². The molecule has 0 spiro atoms. The van der Waals surface area contributed by atoms with Crippen LogP contribution in [0.2, 0.25) is 0 Å². The van der Waals surface area contributed by atoms with Crippen molar-refractivity contribution >= 4 is 16.8 Å². The van der Waals surface area contributed by atoms with Crippen LogP contribution in [0, 0.1) is 5.92 Å². The van der Waals surface area contributed by atoms with Gasteiger partial charge in [0.25, 0.3) is 5.24 Å². The third-order valence-electron chi connectivity index (χ3n) is 4.48. The Labute approximate surface area is 151 Å². The second-order valence-corrected chi connectivity index (χ2v) is 7.45. The largest absolute Gasteiger partial charge is 0.276 e. The van der Waals surface area contributed by atoms with Crippen LogP contribution in [0.4, 0.5) is 0 Å². The lowest BCUT2D eigenvalue weighted by Gasteiger charge is -2.13. The van der Waals surface area contributed by atoms with E-state index >= 15 is 0 Å². The lowest BCUT2D eigenvalue weighted by molar-refractivity contribution is 0.108. The number of benzene rings is 2. The number of halogens is 1. The summed E-state index contributed by atoms with van der Waals surface area (Å²) in [5.41, 5.74) is 4.67. The first kappa shape index (κ1) is 18.7. The molecule has 0 aliphatic heterocycles. The van der Waals surface area contributed by atoms with Gasteiger partial charge < -0.3 is 0 Å². The van der Waals surface area contributed by atoms with Gasteiger partial charge in [-0.1, -0.05) is 57.2 Å². The SMILES string of the molecule is CC(C)Cc1ccc([C@H](C)CCCc2ccc(C(=O)Cl)cc2)cc1. The van der Waals surface area contributed by atoms with Crippen molar-refractivity contribution in [3.63, 3.8) is 0 Å². The highest BCUT2D eigenvalue weighted by molar-refractivity contribution is 6.67. The molecule has 0 N–H and O–H groups in total. The van der Waals surface area contributed by atoms with E-state index in [0.29, 0.717) is 17.4 Å². The summed E-state index contributed by atoms with van der Waals surface area (Å²) in [5, 5.41) is -0.393. The number of aryl methyl sites for hydroxylation is 1. The maximum Gasteiger partial charge on any atom is 0.252 e. The van der Waals surface area contributed by atoms with Gasteiger partial charge in [0.15, 0.2) is 0 Å². The molecule has 2 rings (SSSR count). The molecule has 0 radical (unpaired) electrons. The van der Waals surface area contributed by atoms with Crippen LogP contribution in [0.5, 0.6) is 0 Å². The molecule has 2 aromatic rings. The predicted molar refractivity (Wildman–Crippen MR) is 103 cm³/mol. The van der Waals surface area contributed by atoms with Gasteiger partial charge in [0.05, 0.1) is 0 Å². The summed E-state index contributed by atoms with van der Waals surface area (Å²) in [5.74, 6) is 1.27. The van der Waals surface area contributed by atoms with Gasteiger partial charge >= 0.3 is 0 Å². The van der Waals surface area contributed by atoms with Gasteiger partial charge in [0, 0.05) is 5.56 Å². The van der Waals surface area contributed by atoms with Crippen LogP contribution in [0.25, 0.3) is 0 Å². The summed E-state index contributed by atoms with van der Waals surface area (Å²) >= 11 is 5.47. The van der Waals surface area contributed by atoms with E-state index in [9.17, 15) is 4.79 Å². The fourth-order valence-electron chi connectivity index (χ4n) is 3.04. The number of carbonyl (C=O) groups is 1. The van der Waals surface area contributed by atoms with Crippen LogP contribution in [-0.2, 0) is 12.8 Å². The average molecular weight is 343 g/mol. The minimum Gasteiger partial charge on any atom is -0.276 e. The minimum absolute atomic E-state index is 0.393. The van der Waals surface area contributed by atoms with E-state index in [-0.39, 0.29) is 0 Å². The summed E-state index contributed by atoms with van der Waals surface area (Å²) in [6, 6.07) is 16.7. The monoisotopic (exact) mass is 342 g/mol. The summed E-state index contributed by atoms with van der Waals surface area (Å²) in [6.07, 6.45) is 4.49. The van der Waals surface area contributed by atoms with Gasteiger partial charge in [0.1, 0.15) is 0 Å². The van der Waals surface area contributed by atoms with Crippen molar-refractivity contribution < 1.29 is 4.79 Å². The van der Waals surface area contributed by atoms with Crippen molar-refractivity contribution in [2.24, 2.45) is 5.92 Å². The summed E-state index contributed by atoms with van der Waals surface area (Å²) in [4.78, 5) is 11.1. The Morgan fingerprint density at radius 2 is 1.50 bits per heavy atom. The van der Waals surface area contributed by atoms with Crippen molar-refractivity contribution in [3.05, 3.63) is 70.8 Å². The van der Waals surface area contributed by atoms with Gasteiger partial charge in [-0.15, -0.1) is 0 Å². The summed E-state index contributed by atoms with van der Waals surface area (Å²) in [7, 11) is 0. The second-order valence-electron chi connectivity index (χ2n) is 7.10. The fourth-order valence-corrected chi connectivity index (χ4v) is 3.16. The standard InChI is InChI=1S/C22H27ClO/c1-16(2)15-19-9-11-20(12-10-19)17(3)5-4-6-18-7-13-21(14-8-18)22(23)24/h7-14,16-17H,4-6,15H2,1-3H3/t17-/m1/s1. The van der Waals surface area contributed by atoms with Gasteiger partial charge in [-0.2, -0.15) is 0 Å². The van der Waals surface area contributed by atoms with E-state index < -0.39 is 5.24 Å². The molecule has 0 unspecified atom stereocenters. The Hall–Kier alpha value is -1.60. The number of hydrogen-bond acceptors (Lipinski definition) is 1. The Morgan fingerprint density at radius 1 is 0.917 bits per heavy atom.